The lowest BCUT2D eigenvalue weighted by Crippen LogP contribution is -2.41. The Morgan fingerprint density at radius 3 is 1.52 bits per heavy atom. The van der Waals surface area contributed by atoms with Crippen LogP contribution >= 0.6 is 44.3 Å². The molecule has 0 aromatic heterocycles. The lowest BCUT2D eigenvalue weighted by atomic mass is 9.72. The molecule has 1 aromatic carbocycles. The lowest BCUT2D eigenvalue weighted by molar-refractivity contribution is 0.270. The third-order valence-electron chi connectivity index (χ3n) is 4.35. The fourth-order valence-corrected chi connectivity index (χ4v) is 6.58. The van der Waals surface area contributed by atoms with Gasteiger partial charge in [0.2, 0.25) is 0 Å². The summed E-state index contributed by atoms with van der Waals surface area (Å²) in [6.07, 6.45) is 0. The Hall–Kier alpha value is 0.814. The van der Waals surface area contributed by atoms with Crippen molar-refractivity contribution in [2.24, 2.45) is 5.92 Å². The predicted octanol–water partition coefficient (Wildman–Crippen LogP) is 6.90. The number of halogens is 4. The van der Waals surface area contributed by atoms with Crippen LogP contribution in [0.1, 0.15) is 46.1 Å². The summed E-state index contributed by atoms with van der Waals surface area (Å²) in [6.45, 7) is 10.8. The van der Waals surface area contributed by atoms with Gasteiger partial charge in [0.05, 0.1) is 0 Å². The van der Waals surface area contributed by atoms with Crippen LogP contribution in [-0.4, -0.2) is 14.8 Å². The van der Waals surface area contributed by atoms with Crippen LogP contribution in [-0.2, 0) is 0 Å². The molecule has 0 bridgehead atoms. The van der Waals surface area contributed by atoms with Gasteiger partial charge in [-0.1, -0.05) is 65.0 Å². The standard InChI is InChI=1S/C15H22Cl4Si2/c1-11(12-9-7-6-8-10-12)13(14(2,3)20(16)17)15(4,5)21(18)19/h6-11,13H,1-5H3. The van der Waals surface area contributed by atoms with Gasteiger partial charge in [-0.25, -0.2) is 0 Å². The summed E-state index contributed by atoms with van der Waals surface area (Å²) in [6, 6.07) is 10.4. The molecule has 0 N–H and O–H groups in total. The van der Waals surface area contributed by atoms with Gasteiger partial charge in [0.25, 0.3) is 14.8 Å². The molecule has 0 nitrogen and oxygen atoms in total. The minimum atomic E-state index is -1.53. The summed E-state index contributed by atoms with van der Waals surface area (Å²) in [7, 11) is -3.07. The Bertz CT molecular complexity index is 426. The Morgan fingerprint density at radius 2 is 1.19 bits per heavy atom. The summed E-state index contributed by atoms with van der Waals surface area (Å²) in [4.78, 5) is 0. The molecule has 1 rings (SSSR count). The summed E-state index contributed by atoms with van der Waals surface area (Å²) in [5.41, 5.74) is 1.27. The topological polar surface area (TPSA) is 0 Å². The largest absolute Gasteiger partial charge is 0.279 e. The normalized spacial score (nSPS) is 15.0. The lowest BCUT2D eigenvalue weighted by Gasteiger charge is -2.48. The molecule has 21 heavy (non-hydrogen) atoms. The highest BCUT2D eigenvalue weighted by molar-refractivity contribution is 7.36. The van der Waals surface area contributed by atoms with Crippen molar-refractivity contribution < 1.29 is 0 Å². The molecule has 0 aliphatic carbocycles. The van der Waals surface area contributed by atoms with E-state index >= 15 is 0 Å². The average Bonchev–Trinajstić information content (AvgIpc) is 2.38. The van der Waals surface area contributed by atoms with Crippen molar-refractivity contribution in [3.63, 3.8) is 0 Å². The van der Waals surface area contributed by atoms with Crippen molar-refractivity contribution in [3.8, 4) is 0 Å². The third-order valence-corrected chi connectivity index (χ3v) is 12.8. The molecule has 2 radical (unpaired) electrons. The van der Waals surface area contributed by atoms with E-state index in [1.807, 2.05) is 6.07 Å². The van der Waals surface area contributed by atoms with Crippen LogP contribution in [0.4, 0.5) is 0 Å². The second-order valence-electron chi connectivity index (χ2n) is 6.64. The van der Waals surface area contributed by atoms with Crippen LogP contribution < -0.4 is 0 Å². The smallest absolute Gasteiger partial charge is 0.146 e. The van der Waals surface area contributed by atoms with Gasteiger partial charge < -0.3 is 0 Å². The van der Waals surface area contributed by atoms with Gasteiger partial charge in [-0.05, 0) is 27.5 Å². The molecule has 0 fully saturated rings. The molecule has 0 saturated heterocycles. The molecule has 1 aromatic rings. The van der Waals surface area contributed by atoms with Crippen molar-refractivity contribution in [2.45, 2.75) is 50.6 Å². The minimum absolute atomic E-state index is 0.202. The first-order valence-corrected chi connectivity index (χ1v) is 14.0. The first kappa shape index (κ1) is 19.9. The van der Waals surface area contributed by atoms with E-state index in [2.05, 4.69) is 58.9 Å². The van der Waals surface area contributed by atoms with E-state index in [1.54, 1.807) is 0 Å². The van der Waals surface area contributed by atoms with Gasteiger partial charge in [0.15, 0.2) is 0 Å². The molecule has 0 aliphatic rings. The quantitative estimate of drug-likeness (QED) is 0.360. The Kier molecular flexibility index (Phi) is 7.18. The zero-order valence-corrected chi connectivity index (χ0v) is 18.1. The zero-order chi connectivity index (χ0) is 16.4. The molecule has 1 unspecified atom stereocenters. The second-order valence-corrected chi connectivity index (χ2v) is 16.0. The highest BCUT2D eigenvalue weighted by Crippen LogP contribution is 2.60. The van der Waals surface area contributed by atoms with Gasteiger partial charge in [-0.15, -0.1) is 44.3 Å². The molecular formula is C15H22Cl4Si2. The van der Waals surface area contributed by atoms with Gasteiger partial charge >= 0.3 is 0 Å². The highest BCUT2D eigenvalue weighted by atomic mass is 35.7. The molecule has 0 heterocycles. The Morgan fingerprint density at radius 1 is 0.810 bits per heavy atom. The van der Waals surface area contributed by atoms with Crippen LogP contribution in [0, 0.1) is 5.92 Å². The number of hydrogen-bond acceptors (Lipinski definition) is 0. The number of hydrogen-bond donors (Lipinski definition) is 0. The second kappa shape index (κ2) is 7.59. The number of benzene rings is 1. The molecule has 0 amide bonds. The van der Waals surface area contributed by atoms with Crippen molar-refractivity contribution in [1.82, 2.24) is 0 Å². The monoisotopic (exact) mass is 398 g/mol. The van der Waals surface area contributed by atoms with Crippen LogP contribution in [0.25, 0.3) is 0 Å². The number of rotatable bonds is 6. The fourth-order valence-electron chi connectivity index (χ4n) is 3.34. The van der Waals surface area contributed by atoms with Crippen molar-refractivity contribution in [2.75, 3.05) is 0 Å². The Balaban J connectivity index is 3.33. The average molecular weight is 400 g/mol. The van der Waals surface area contributed by atoms with E-state index in [9.17, 15) is 0 Å². The molecular weight excluding hydrogens is 378 g/mol. The van der Waals surface area contributed by atoms with Gasteiger partial charge in [0, 0.05) is 0 Å². The van der Waals surface area contributed by atoms with E-state index < -0.39 is 14.8 Å². The van der Waals surface area contributed by atoms with Gasteiger partial charge in [-0.2, -0.15) is 0 Å². The SMILES string of the molecule is CC(c1ccccc1)C(C(C)(C)[Si](Cl)Cl)C(C)(C)[Si](Cl)Cl. The zero-order valence-electron chi connectivity index (χ0n) is 13.1. The van der Waals surface area contributed by atoms with Gasteiger partial charge in [0.1, 0.15) is 0 Å². The van der Waals surface area contributed by atoms with Crippen molar-refractivity contribution in [1.29, 1.82) is 0 Å². The van der Waals surface area contributed by atoms with Crippen LogP contribution in [0.15, 0.2) is 30.3 Å². The van der Waals surface area contributed by atoms with E-state index in [0.717, 1.165) is 0 Å². The molecule has 1 atom stereocenters. The third kappa shape index (κ3) is 4.42. The maximum Gasteiger partial charge on any atom is 0.279 e. The van der Waals surface area contributed by atoms with Crippen LogP contribution in [0.3, 0.4) is 0 Å². The molecule has 6 heteroatoms. The molecule has 118 valence electrons. The summed E-state index contributed by atoms with van der Waals surface area (Å²) in [5, 5.41) is -0.404. The first-order valence-electron chi connectivity index (χ1n) is 6.94. The van der Waals surface area contributed by atoms with Gasteiger partial charge in [-0.3, -0.25) is 0 Å². The summed E-state index contributed by atoms with van der Waals surface area (Å²) >= 11 is 25.6. The fraction of sp³-hybridized carbons (Fsp3) is 0.600. The van der Waals surface area contributed by atoms with Crippen molar-refractivity contribution >= 4 is 59.1 Å². The molecule has 0 saturated carbocycles. The van der Waals surface area contributed by atoms with Crippen LogP contribution in [0.2, 0.25) is 10.1 Å². The highest BCUT2D eigenvalue weighted by Gasteiger charge is 2.51. The van der Waals surface area contributed by atoms with E-state index in [0.29, 0.717) is 0 Å². The van der Waals surface area contributed by atoms with Crippen LogP contribution in [0.5, 0.6) is 0 Å². The summed E-state index contributed by atoms with van der Waals surface area (Å²) < 4.78 is 0. The van der Waals surface area contributed by atoms with E-state index in [1.165, 1.54) is 5.56 Å². The van der Waals surface area contributed by atoms with E-state index in [-0.39, 0.29) is 21.9 Å². The summed E-state index contributed by atoms with van der Waals surface area (Å²) in [5.74, 6) is 0.492. The van der Waals surface area contributed by atoms with Crippen molar-refractivity contribution in [3.05, 3.63) is 35.9 Å². The van der Waals surface area contributed by atoms with E-state index in [4.69, 9.17) is 44.3 Å². The maximum absolute atomic E-state index is 6.40. The first-order chi connectivity index (χ1) is 9.52. The molecule has 0 aliphatic heterocycles. The predicted molar refractivity (Wildman–Crippen MR) is 101 cm³/mol. The minimum Gasteiger partial charge on any atom is -0.146 e. The molecule has 0 spiro atoms. The maximum atomic E-state index is 6.40. The Labute approximate surface area is 151 Å².